The minimum Gasteiger partial charge on any atom is -0.481 e. The maximum Gasteiger partial charge on any atom is 0.304 e. The Hall–Kier alpha value is -1.31. The number of carbonyl (C=O) groups is 1. The van der Waals surface area contributed by atoms with Crippen molar-refractivity contribution in [2.24, 2.45) is 0 Å². The van der Waals surface area contributed by atoms with Crippen LogP contribution in [0, 0.1) is 0 Å². The summed E-state index contributed by atoms with van der Waals surface area (Å²) in [6.45, 7) is 0. The van der Waals surface area contributed by atoms with E-state index in [1.54, 1.807) is 0 Å². The van der Waals surface area contributed by atoms with Crippen LogP contribution in [0.1, 0.15) is 74.8 Å². The van der Waals surface area contributed by atoms with Gasteiger partial charge in [-0.05, 0) is 42.7 Å². The van der Waals surface area contributed by atoms with Gasteiger partial charge in [0.1, 0.15) is 0 Å². The molecule has 2 nitrogen and oxygen atoms in total. The van der Waals surface area contributed by atoms with Crippen molar-refractivity contribution in [1.82, 2.24) is 0 Å². The van der Waals surface area contributed by atoms with E-state index in [-0.39, 0.29) is 5.41 Å². The van der Waals surface area contributed by atoms with Gasteiger partial charge >= 0.3 is 5.97 Å². The first-order valence-corrected chi connectivity index (χ1v) is 8.02. The molecule has 0 heterocycles. The Balaban J connectivity index is 1.80. The summed E-state index contributed by atoms with van der Waals surface area (Å²) in [7, 11) is 0. The van der Waals surface area contributed by atoms with Crippen LogP contribution in [0.4, 0.5) is 0 Å². The quantitative estimate of drug-likeness (QED) is 0.811. The Bertz CT molecular complexity index is 480. The average Bonchev–Trinajstić information content (AvgIpc) is 3.22. The van der Waals surface area contributed by atoms with Crippen molar-refractivity contribution in [3.63, 3.8) is 0 Å². The van der Waals surface area contributed by atoms with Gasteiger partial charge in [-0.15, -0.1) is 0 Å². The second-order valence-electron chi connectivity index (χ2n) is 6.66. The second kappa shape index (κ2) is 5.59. The Labute approximate surface area is 121 Å². The number of benzene rings is 1. The molecule has 0 saturated heterocycles. The summed E-state index contributed by atoms with van der Waals surface area (Å²) in [4.78, 5) is 11.1. The summed E-state index contributed by atoms with van der Waals surface area (Å²) in [6.07, 6.45) is 10.4. The summed E-state index contributed by atoms with van der Waals surface area (Å²) >= 11 is 0. The zero-order valence-electron chi connectivity index (χ0n) is 12.1. The lowest BCUT2D eigenvalue weighted by atomic mass is 9.86. The van der Waals surface area contributed by atoms with Crippen molar-refractivity contribution in [1.29, 1.82) is 0 Å². The minimum absolute atomic E-state index is 0.0490. The third-order valence-corrected chi connectivity index (χ3v) is 5.17. The smallest absolute Gasteiger partial charge is 0.304 e. The number of hydrogen-bond donors (Lipinski definition) is 1. The monoisotopic (exact) mass is 272 g/mol. The van der Waals surface area contributed by atoms with E-state index in [0.29, 0.717) is 12.3 Å². The van der Waals surface area contributed by atoms with Crippen molar-refractivity contribution < 1.29 is 9.90 Å². The van der Waals surface area contributed by atoms with Crippen LogP contribution in [-0.2, 0) is 10.2 Å². The maximum atomic E-state index is 11.1. The Kier molecular flexibility index (Phi) is 3.82. The van der Waals surface area contributed by atoms with E-state index in [0.717, 1.165) is 12.8 Å². The van der Waals surface area contributed by atoms with Gasteiger partial charge in [-0.2, -0.15) is 0 Å². The Morgan fingerprint density at radius 3 is 2.45 bits per heavy atom. The Morgan fingerprint density at radius 2 is 1.85 bits per heavy atom. The van der Waals surface area contributed by atoms with Crippen LogP contribution in [0.15, 0.2) is 24.3 Å². The second-order valence-corrected chi connectivity index (χ2v) is 6.66. The first-order valence-electron chi connectivity index (χ1n) is 8.02. The molecule has 2 aliphatic rings. The van der Waals surface area contributed by atoms with Crippen LogP contribution in [0.5, 0.6) is 0 Å². The van der Waals surface area contributed by atoms with E-state index in [1.807, 2.05) is 0 Å². The van der Waals surface area contributed by atoms with Gasteiger partial charge in [0.2, 0.25) is 0 Å². The fourth-order valence-electron chi connectivity index (χ4n) is 3.74. The average molecular weight is 272 g/mol. The number of carboxylic acids is 1. The highest BCUT2D eigenvalue weighted by Gasteiger charge is 2.46. The van der Waals surface area contributed by atoms with E-state index in [1.165, 1.54) is 49.7 Å². The standard InChI is InChI=1S/C18H24O2/c19-17(20)13-18(10-11-18)16-9-5-8-15(12-16)14-6-3-1-2-4-7-14/h5,8-9,12,14H,1-4,6-7,10-11,13H2,(H,19,20). The molecule has 0 atom stereocenters. The molecule has 0 radical (unpaired) electrons. The first-order chi connectivity index (χ1) is 9.70. The van der Waals surface area contributed by atoms with E-state index in [9.17, 15) is 4.79 Å². The highest BCUT2D eigenvalue weighted by atomic mass is 16.4. The van der Waals surface area contributed by atoms with Gasteiger partial charge in [0.25, 0.3) is 0 Å². The van der Waals surface area contributed by atoms with Gasteiger partial charge < -0.3 is 5.11 Å². The number of rotatable bonds is 4. The molecule has 0 bridgehead atoms. The van der Waals surface area contributed by atoms with Gasteiger partial charge in [-0.25, -0.2) is 0 Å². The van der Waals surface area contributed by atoms with Crippen molar-refractivity contribution in [2.45, 2.75) is 69.1 Å². The van der Waals surface area contributed by atoms with Gasteiger partial charge in [-0.3, -0.25) is 4.79 Å². The summed E-state index contributed by atoms with van der Waals surface area (Å²) in [5.41, 5.74) is 2.66. The van der Waals surface area contributed by atoms with Crippen LogP contribution < -0.4 is 0 Å². The lowest BCUT2D eigenvalue weighted by Crippen LogP contribution is -2.13. The molecular formula is C18H24O2. The van der Waals surface area contributed by atoms with Crippen molar-refractivity contribution in [3.8, 4) is 0 Å². The largest absolute Gasteiger partial charge is 0.481 e. The summed E-state index contributed by atoms with van der Waals surface area (Å²) in [6, 6.07) is 8.83. The maximum absolute atomic E-state index is 11.1. The fraction of sp³-hybridized carbons (Fsp3) is 0.611. The third-order valence-electron chi connectivity index (χ3n) is 5.17. The fourth-order valence-corrected chi connectivity index (χ4v) is 3.74. The molecule has 2 saturated carbocycles. The molecular weight excluding hydrogens is 248 g/mol. The van der Waals surface area contributed by atoms with E-state index in [2.05, 4.69) is 24.3 Å². The van der Waals surface area contributed by atoms with E-state index in [4.69, 9.17) is 5.11 Å². The van der Waals surface area contributed by atoms with Crippen LogP contribution in [0.3, 0.4) is 0 Å². The van der Waals surface area contributed by atoms with Gasteiger partial charge in [0, 0.05) is 5.41 Å². The summed E-state index contributed by atoms with van der Waals surface area (Å²) < 4.78 is 0. The molecule has 1 N–H and O–H groups in total. The molecule has 0 spiro atoms. The molecule has 20 heavy (non-hydrogen) atoms. The molecule has 3 rings (SSSR count). The predicted octanol–water partition coefficient (Wildman–Crippen LogP) is 4.63. The third kappa shape index (κ3) is 2.89. The molecule has 2 aliphatic carbocycles. The van der Waals surface area contributed by atoms with Crippen molar-refractivity contribution in [3.05, 3.63) is 35.4 Å². The number of aliphatic carboxylic acids is 1. The van der Waals surface area contributed by atoms with Gasteiger partial charge in [-0.1, -0.05) is 49.9 Å². The molecule has 108 valence electrons. The molecule has 1 aromatic rings. The minimum atomic E-state index is -0.664. The molecule has 0 aliphatic heterocycles. The zero-order chi connectivity index (χ0) is 14.0. The highest BCUT2D eigenvalue weighted by molar-refractivity contribution is 5.70. The molecule has 0 amide bonds. The molecule has 0 aromatic heterocycles. The van der Waals surface area contributed by atoms with Crippen LogP contribution in [0.2, 0.25) is 0 Å². The van der Waals surface area contributed by atoms with Crippen molar-refractivity contribution >= 4 is 5.97 Å². The topological polar surface area (TPSA) is 37.3 Å². The predicted molar refractivity (Wildman–Crippen MR) is 80.0 cm³/mol. The number of carboxylic acid groups (broad SMARTS) is 1. The molecule has 1 aromatic carbocycles. The number of hydrogen-bond acceptors (Lipinski definition) is 1. The molecule has 0 unspecified atom stereocenters. The summed E-state index contributed by atoms with van der Waals surface area (Å²) in [5.74, 6) is 0.0282. The normalized spacial score (nSPS) is 22.2. The lowest BCUT2D eigenvalue weighted by Gasteiger charge is -2.19. The zero-order valence-corrected chi connectivity index (χ0v) is 12.1. The van der Waals surface area contributed by atoms with Crippen LogP contribution in [-0.4, -0.2) is 11.1 Å². The molecule has 2 heteroatoms. The SMILES string of the molecule is O=C(O)CC1(c2cccc(C3CCCCCC3)c2)CC1. The molecule has 2 fully saturated rings. The van der Waals surface area contributed by atoms with Crippen LogP contribution in [0.25, 0.3) is 0 Å². The van der Waals surface area contributed by atoms with Crippen molar-refractivity contribution in [2.75, 3.05) is 0 Å². The summed E-state index contributed by atoms with van der Waals surface area (Å²) in [5, 5.41) is 9.11. The highest BCUT2D eigenvalue weighted by Crippen LogP contribution is 2.51. The van der Waals surface area contributed by atoms with Gasteiger partial charge in [0.05, 0.1) is 6.42 Å². The van der Waals surface area contributed by atoms with E-state index < -0.39 is 5.97 Å². The van der Waals surface area contributed by atoms with E-state index >= 15 is 0 Å². The van der Waals surface area contributed by atoms with Crippen LogP contribution >= 0.6 is 0 Å². The first kappa shape index (κ1) is 13.7. The van der Waals surface area contributed by atoms with Gasteiger partial charge in [0.15, 0.2) is 0 Å². The Morgan fingerprint density at radius 1 is 1.15 bits per heavy atom. The lowest BCUT2D eigenvalue weighted by molar-refractivity contribution is -0.137.